The molecule has 0 amide bonds. The number of hydrogen-bond donors (Lipinski definition) is 1. The summed E-state index contributed by atoms with van der Waals surface area (Å²) in [5.74, 6) is -2.61. The smallest absolute Gasteiger partial charge is 0.224 e. The maximum Gasteiger partial charge on any atom is 0.224 e. The third-order valence-corrected chi connectivity index (χ3v) is 3.53. The largest absolute Gasteiger partial charge is 0.385 e. The molecule has 0 saturated carbocycles. The second-order valence-electron chi connectivity index (χ2n) is 6.00. The number of aliphatic hydroxyl groups excluding tert-OH is 1. The van der Waals surface area contributed by atoms with E-state index in [0.717, 1.165) is 0 Å². The van der Waals surface area contributed by atoms with Gasteiger partial charge in [-0.2, -0.15) is 0 Å². The molecule has 3 saturated heterocycles. The Kier molecular flexibility index (Phi) is 2.59. The van der Waals surface area contributed by atoms with Gasteiger partial charge in [-0.1, -0.05) is 0 Å². The molecule has 0 aromatic heterocycles. The van der Waals surface area contributed by atoms with Gasteiger partial charge in [0.05, 0.1) is 6.61 Å². The Morgan fingerprint density at radius 1 is 1.00 bits per heavy atom. The van der Waals surface area contributed by atoms with Crippen LogP contribution in [-0.2, 0) is 23.7 Å². The molecule has 0 aromatic rings. The van der Waals surface area contributed by atoms with Crippen LogP contribution in [0.15, 0.2) is 0 Å². The first kappa shape index (κ1) is 12.8. The lowest BCUT2D eigenvalue weighted by atomic mass is 10.0. The molecular formula is C12H20O6. The number of hydrogen-bond acceptors (Lipinski definition) is 6. The van der Waals surface area contributed by atoms with Gasteiger partial charge in [0.2, 0.25) is 5.79 Å². The Balaban J connectivity index is 1.82. The van der Waals surface area contributed by atoms with Crippen LogP contribution in [0, 0.1) is 0 Å². The van der Waals surface area contributed by atoms with Crippen molar-refractivity contribution in [2.75, 3.05) is 13.2 Å². The molecular weight excluding hydrogens is 240 g/mol. The number of ether oxygens (including phenoxy) is 5. The van der Waals surface area contributed by atoms with Crippen LogP contribution in [0.3, 0.4) is 0 Å². The van der Waals surface area contributed by atoms with Gasteiger partial charge >= 0.3 is 0 Å². The maximum atomic E-state index is 10.4. The minimum Gasteiger partial charge on any atom is -0.385 e. The average molecular weight is 260 g/mol. The van der Waals surface area contributed by atoms with Crippen LogP contribution in [0.25, 0.3) is 0 Å². The third kappa shape index (κ3) is 1.88. The Morgan fingerprint density at radius 3 is 2.33 bits per heavy atom. The zero-order valence-electron chi connectivity index (χ0n) is 11.1. The molecule has 1 N–H and O–H groups in total. The molecule has 6 nitrogen and oxygen atoms in total. The molecule has 3 aliphatic rings. The summed E-state index contributed by atoms with van der Waals surface area (Å²) >= 11 is 0. The molecule has 3 fully saturated rings. The Bertz CT molecular complexity index is 352. The Labute approximate surface area is 106 Å². The molecule has 3 heterocycles. The molecule has 0 aromatic carbocycles. The van der Waals surface area contributed by atoms with Gasteiger partial charge in [0.1, 0.15) is 24.9 Å². The second kappa shape index (κ2) is 3.65. The highest BCUT2D eigenvalue weighted by Crippen LogP contribution is 2.45. The highest BCUT2D eigenvalue weighted by atomic mass is 16.9. The third-order valence-electron chi connectivity index (χ3n) is 3.53. The molecule has 1 spiro atoms. The van der Waals surface area contributed by atoms with Crippen LogP contribution in [0.1, 0.15) is 27.7 Å². The van der Waals surface area contributed by atoms with E-state index in [0.29, 0.717) is 6.61 Å². The molecule has 18 heavy (non-hydrogen) atoms. The van der Waals surface area contributed by atoms with Gasteiger partial charge in [-0.3, -0.25) is 0 Å². The van der Waals surface area contributed by atoms with Gasteiger partial charge in [-0.15, -0.1) is 0 Å². The zero-order valence-corrected chi connectivity index (χ0v) is 11.1. The molecule has 0 aliphatic carbocycles. The first-order valence-corrected chi connectivity index (χ1v) is 6.25. The van der Waals surface area contributed by atoms with E-state index in [1.807, 2.05) is 13.8 Å². The van der Waals surface area contributed by atoms with Crippen molar-refractivity contribution in [3.8, 4) is 0 Å². The molecule has 0 bridgehead atoms. The van der Waals surface area contributed by atoms with Crippen molar-refractivity contribution in [2.45, 2.75) is 63.4 Å². The fraction of sp³-hybridized carbons (Fsp3) is 1.00. The molecule has 6 heteroatoms. The van der Waals surface area contributed by atoms with Crippen molar-refractivity contribution in [2.24, 2.45) is 0 Å². The van der Waals surface area contributed by atoms with Crippen molar-refractivity contribution >= 4 is 0 Å². The van der Waals surface area contributed by atoms with Gasteiger partial charge in [-0.25, -0.2) is 0 Å². The van der Waals surface area contributed by atoms with Crippen LogP contribution in [0.5, 0.6) is 0 Å². The summed E-state index contributed by atoms with van der Waals surface area (Å²) in [6.45, 7) is 7.79. The van der Waals surface area contributed by atoms with Crippen molar-refractivity contribution in [3.05, 3.63) is 0 Å². The molecule has 4 atom stereocenters. The summed E-state index contributed by atoms with van der Waals surface area (Å²) in [6, 6.07) is 0. The van der Waals surface area contributed by atoms with Gasteiger partial charge in [0.25, 0.3) is 0 Å². The summed E-state index contributed by atoms with van der Waals surface area (Å²) in [5.41, 5.74) is 0. The normalized spacial score (nSPS) is 49.5. The molecule has 0 radical (unpaired) electrons. The highest BCUT2D eigenvalue weighted by molar-refractivity contribution is 5.02. The zero-order chi connectivity index (χ0) is 13.2. The molecule has 3 aliphatic heterocycles. The fourth-order valence-electron chi connectivity index (χ4n) is 2.71. The molecule has 3 rings (SSSR count). The van der Waals surface area contributed by atoms with E-state index >= 15 is 0 Å². The number of aliphatic hydroxyl groups is 1. The summed E-state index contributed by atoms with van der Waals surface area (Å²) in [6.07, 6.45) is -1.66. The standard InChI is InChI=1S/C12H20O6/c1-10(2)14-5-7-8(17-10)9(13)12(16-7)6-15-11(3,4)18-12/h7-9,13H,5-6H2,1-4H3/t7-,8-,9+,12?/m0/s1. The summed E-state index contributed by atoms with van der Waals surface area (Å²) in [4.78, 5) is 0. The quantitative estimate of drug-likeness (QED) is 0.679. The van der Waals surface area contributed by atoms with E-state index in [1.54, 1.807) is 13.8 Å². The van der Waals surface area contributed by atoms with E-state index < -0.39 is 29.6 Å². The monoisotopic (exact) mass is 260 g/mol. The summed E-state index contributed by atoms with van der Waals surface area (Å²) in [5, 5.41) is 10.4. The van der Waals surface area contributed by atoms with Crippen molar-refractivity contribution in [1.82, 2.24) is 0 Å². The predicted molar refractivity (Wildman–Crippen MR) is 59.6 cm³/mol. The topological polar surface area (TPSA) is 66.4 Å². The van der Waals surface area contributed by atoms with Gasteiger partial charge in [0.15, 0.2) is 11.6 Å². The van der Waals surface area contributed by atoms with E-state index in [1.165, 1.54) is 0 Å². The molecule has 1 unspecified atom stereocenters. The Hall–Kier alpha value is -0.240. The average Bonchev–Trinajstić information content (AvgIpc) is 2.68. The van der Waals surface area contributed by atoms with Gasteiger partial charge in [-0.05, 0) is 27.7 Å². The Morgan fingerprint density at radius 2 is 1.72 bits per heavy atom. The SMILES string of the molecule is CC1(C)OC[C@@H]2OC3(COC(C)(C)O3)[C@H](O)[C@H]2O1. The van der Waals surface area contributed by atoms with E-state index in [9.17, 15) is 5.11 Å². The first-order chi connectivity index (χ1) is 8.23. The molecule has 104 valence electrons. The van der Waals surface area contributed by atoms with Crippen molar-refractivity contribution < 1.29 is 28.8 Å². The first-order valence-electron chi connectivity index (χ1n) is 6.25. The predicted octanol–water partition coefficient (Wildman–Crippen LogP) is 0.377. The number of fused-ring (bicyclic) bond motifs is 1. The summed E-state index contributed by atoms with van der Waals surface area (Å²) < 4.78 is 28.3. The van der Waals surface area contributed by atoms with Crippen LogP contribution >= 0.6 is 0 Å². The van der Waals surface area contributed by atoms with Crippen LogP contribution in [0.2, 0.25) is 0 Å². The van der Waals surface area contributed by atoms with E-state index in [-0.39, 0.29) is 12.7 Å². The second-order valence-corrected chi connectivity index (χ2v) is 6.00. The summed E-state index contributed by atoms with van der Waals surface area (Å²) in [7, 11) is 0. The highest BCUT2D eigenvalue weighted by Gasteiger charge is 2.64. The van der Waals surface area contributed by atoms with Crippen molar-refractivity contribution in [1.29, 1.82) is 0 Å². The lowest BCUT2D eigenvalue weighted by Gasteiger charge is -2.37. The van der Waals surface area contributed by atoms with Crippen molar-refractivity contribution in [3.63, 3.8) is 0 Å². The minimum absolute atomic E-state index is 0.192. The lowest BCUT2D eigenvalue weighted by molar-refractivity contribution is -0.303. The van der Waals surface area contributed by atoms with Gasteiger partial charge < -0.3 is 28.8 Å². The van der Waals surface area contributed by atoms with Gasteiger partial charge in [0, 0.05) is 0 Å². The number of rotatable bonds is 0. The van der Waals surface area contributed by atoms with Crippen LogP contribution < -0.4 is 0 Å². The maximum absolute atomic E-state index is 10.4. The lowest BCUT2D eigenvalue weighted by Crippen LogP contribution is -2.52. The minimum atomic E-state index is -1.14. The fourth-order valence-corrected chi connectivity index (χ4v) is 2.71. The van der Waals surface area contributed by atoms with Crippen LogP contribution in [0.4, 0.5) is 0 Å². The van der Waals surface area contributed by atoms with E-state index in [2.05, 4.69) is 0 Å². The van der Waals surface area contributed by atoms with Crippen LogP contribution in [-0.4, -0.2) is 54.0 Å². The van der Waals surface area contributed by atoms with E-state index in [4.69, 9.17) is 23.7 Å².